The van der Waals surface area contributed by atoms with E-state index in [1.165, 1.54) is 7.11 Å². The average Bonchev–Trinajstić information content (AvgIpc) is 2.83. The molecule has 1 atom stereocenters. The van der Waals surface area contributed by atoms with Gasteiger partial charge in [-0.2, -0.15) is 0 Å². The van der Waals surface area contributed by atoms with Crippen LogP contribution < -0.4 is 15.4 Å². The van der Waals surface area contributed by atoms with E-state index in [9.17, 15) is 9.59 Å². The molecule has 1 heterocycles. The number of alkyl carbamates (subject to hydrolysis) is 1. The highest BCUT2D eigenvalue weighted by molar-refractivity contribution is 5.87. The van der Waals surface area contributed by atoms with Gasteiger partial charge in [-0.3, -0.25) is 5.32 Å². The molecular formula is C15H20N2O5. The van der Waals surface area contributed by atoms with Crippen LogP contribution in [0, 0.1) is 0 Å². The van der Waals surface area contributed by atoms with Gasteiger partial charge >= 0.3 is 12.2 Å². The minimum Gasteiger partial charge on any atom is -0.495 e. The third-order valence-electron chi connectivity index (χ3n) is 2.91. The number of cyclic esters (lactones) is 1. The largest absolute Gasteiger partial charge is 0.495 e. The summed E-state index contributed by atoms with van der Waals surface area (Å²) in [6, 6.07) is 5.17. The van der Waals surface area contributed by atoms with Crippen LogP contribution in [0.5, 0.6) is 5.75 Å². The fraction of sp³-hybridized carbons (Fsp3) is 0.467. The van der Waals surface area contributed by atoms with E-state index in [-0.39, 0.29) is 6.10 Å². The fourth-order valence-corrected chi connectivity index (χ4v) is 2.00. The van der Waals surface area contributed by atoms with Crippen LogP contribution in [-0.4, -0.2) is 31.4 Å². The molecule has 1 aliphatic heterocycles. The van der Waals surface area contributed by atoms with Gasteiger partial charge in [0.05, 0.1) is 19.3 Å². The molecule has 0 radical (unpaired) electrons. The number of methoxy groups -OCH3 is 1. The van der Waals surface area contributed by atoms with E-state index < -0.39 is 17.8 Å². The third kappa shape index (κ3) is 4.03. The molecule has 1 aliphatic rings. The number of benzene rings is 1. The van der Waals surface area contributed by atoms with Gasteiger partial charge in [-0.1, -0.05) is 6.07 Å². The van der Waals surface area contributed by atoms with Gasteiger partial charge in [0.1, 0.15) is 17.5 Å². The molecule has 120 valence electrons. The Morgan fingerprint density at radius 2 is 2.14 bits per heavy atom. The number of hydrogen-bond acceptors (Lipinski definition) is 5. The lowest BCUT2D eigenvalue weighted by atomic mass is 10.1. The molecule has 1 fully saturated rings. The Bertz CT molecular complexity index is 580. The van der Waals surface area contributed by atoms with Crippen molar-refractivity contribution in [3.63, 3.8) is 0 Å². The van der Waals surface area contributed by atoms with Crippen LogP contribution in [-0.2, 0) is 9.47 Å². The van der Waals surface area contributed by atoms with E-state index in [0.29, 0.717) is 18.0 Å². The maximum absolute atomic E-state index is 11.8. The molecule has 0 aromatic heterocycles. The van der Waals surface area contributed by atoms with Crippen molar-refractivity contribution in [2.75, 3.05) is 19.0 Å². The van der Waals surface area contributed by atoms with Gasteiger partial charge in [-0.25, -0.2) is 9.59 Å². The van der Waals surface area contributed by atoms with Gasteiger partial charge in [-0.05, 0) is 38.5 Å². The number of rotatable bonds is 3. The second kappa shape index (κ2) is 6.13. The molecule has 0 aliphatic carbocycles. The van der Waals surface area contributed by atoms with Gasteiger partial charge in [0.25, 0.3) is 0 Å². The minimum absolute atomic E-state index is 0.364. The predicted molar refractivity (Wildman–Crippen MR) is 80.1 cm³/mol. The average molecular weight is 308 g/mol. The summed E-state index contributed by atoms with van der Waals surface area (Å²) in [5, 5.41) is 5.22. The van der Waals surface area contributed by atoms with Crippen molar-refractivity contribution in [1.29, 1.82) is 0 Å². The normalized spacial score (nSPS) is 17.5. The molecule has 2 rings (SSSR count). The molecule has 0 spiro atoms. The second-order valence-corrected chi connectivity index (χ2v) is 5.86. The Morgan fingerprint density at radius 1 is 1.41 bits per heavy atom. The van der Waals surface area contributed by atoms with Crippen LogP contribution >= 0.6 is 0 Å². The molecule has 1 saturated heterocycles. The topological polar surface area (TPSA) is 85.9 Å². The molecule has 22 heavy (non-hydrogen) atoms. The summed E-state index contributed by atoms with van der Waals surface area (Å²) >= 11 is 0. The van der Waals surface area contributed by atoms with Crippen molar-refractivity contribution >= 4 is 17.9 Å². The summed E-state index contributed by atoms with van der Waals surface area (Å²) in [5.74, 6) is 0.464. The van der Waals surface area contributed by atoms with E-state index in [1.807, 2.05) is 0 Å². The molecule has 1 unspecified atom stereocenters. The first-order valence-electron chi connectivity index (χ1n) is 6.91. The summed E-state index contributed by atoms with van der Waals surface area (Å²) in [5.41, 5.74) is 0.684. The Morgan fingerprint density at radius 3 is 2.68 bits per heavy atom. The van der Waals surface area contributed by atoms with Gasteiger partial charge in [0.2, 0.25) is 0 Å². The lowest BCUT2D eigenvalue weighted by Crippen LogP contribution is -2.27. The van der Waals surface area contributed by atoms with E-state index in [4.69, 9.17) is 14.2 Å². The van der Waals surface area contributed by atoms with Crippen LogP contribution in [0.15, 0.2) is 18.2 Å². The first-order chi connectivity index (χ1) is 10.3. The summed E-state index contributed by atoms with van der Waals surface area (Å²) in [6.07, 6.45) is -1.37. The van der Waals surface area contributed by atoms with E-state index in [2.05, 4.69) is 10.6 Å². The zero-order valence-electron chi connectivity index (χ0n) is 13.1. The third-order valence-corrected chi connectivity index (χ3v) is 2.91. The predicted octanol–water partition coefficient (Wildman–Crippen LogP) is 2.82. The van der Waals surface area contributed by atoms with Crippen LogP contribution in [0.4, 0.5) is 15.3 Å². The van der Waals surface area contributed by atoms with Gasteiger partial charge in [0.15, 0.2) is 0 Å². The highest BCUT2D eigenvalue weighted by Crippen LogP contribution is 2.31. The van der Waals surface area contributed by atoms with E-state index in [1.54, 1.807) is 39.0 Å². The number of carbonyl (C=O) groups excluding carboxylic acids is 2. The van der Waals surface area contributed by atoms with Crippen LogP contribution in [0.1, 0.15) is 32.4 Å². The standard InChI is InChI=1S/C15H20N2O5/c1-15(2,3)22-14(19)17-10-6-5-9(7-11(10)20-4)12-8-16-13(18)21-12/h5-7,12H,8H2,1-4H3,(H,16,18)(H,17,19). The maximum Gasteiger partial charge on any atom is 0.412 e. The molecule has 0 saturated carbocycles. The lowest BCUT2D eigenvalue weighted by molar-refractivity contribution is 0.0635. The monoisotopic (exact) mass is 308 g/mol. The number of nitrogens with one attached hydrogen (secondary N) is 2. The number of ether oxygens (including phenoxy) is 3. The number of carbonyl (C=O) groups is 2. The lowest BCUT2D eigenvalue weighted by Gasteiger charge is -2.20. The van der Waals surface area contributed by atoms with Gasteiger partial charge < -0.3 is 19.5 Å². The van der Waals surface area contributed by atoms with E-state index >= 15 is 0 Å². The fourth-order valence-electron chi connectivity index (χ4n) is 2.00. The molecule has 2 N–H and O–H groups in total. The minimum atomic E-state index is -0.582. The maximum atomic E-state index is 11.8. The summed E-state index contributed by atoms with van der Waals surface area (Å²) in [7, 11) is 1.50. The Labute approximate surface area is 128 Å². The van der Waals surface area contributed by atoms with Crippen molar-refractivity contribution in [1.82, 2.24) is 5.32 Å². The van der Waals surface area contributed by atoms with Crippen LogP contribution in [0.3, 0.4) is 0 Å². The smallest absolute Gasteiger partial charge is 0.412 e. The Hall–Kier alpha value is -2.44. The quantitative estimate of drug-likeness (QED) is 0.896. The Balaban J connectivity index is 2.12. The SMILES string of the molecule is COc1cc(C2CNC(=O)O2)ccc1NC(=O)OC(C)(C)C. The first kappa shape index (κ1) is 15.9. The van der Waals surface area contributed by atoms with Gasteiger partial charge in [-0.15, -0.1) is 0 Å². The summed E-state index contributed by atoms with van der Waals surface area (Å²) in [6.45, 7) is 5.76. The molecule has 1 aromatic carbocycles. The highest BCUT2D eigenvalue weighted by atomic mass is 16.6. The molecule has 1 aromatic rings. The zero-order valence-corrected chi connectivity index (χ0v) is 13.1. The molecule has 7 nitrogen and oxygen atoms in total. The Kier molecular flexibility index (Phi) is 4.44. The molecule has 2 amide bonds. The van der Waals surface area contributed by atoms with Crippen LogP contribution in [0.2, 0.25) is 0 Å². The van der Waals surface area contributed by atoms with Crippen molar-refractivity contribution in [3.05, 3.63) is 23.8 Å². The molecular weight excluding hydrogens is 288 g/mol. The second-order valence-electron chi connectivity index (χ2n) is 5.86. The number of anilines is 1. The zero-order chi connectivity index (χ0) is 16.3. The first-order valence-corrected chi connectivity index (χ1v) is 6.91. The number of hydrogen-bond donors (Lipinski definition) is 2. The summed E-state index contributed by atoms with van der Waals surface area (Å²) < 4.78 is 15.6. The number of amides is 2. The van der Waals surface area contributed by atoms with Crippen LogP contribution in [0.25, 0.3) is 0 Å². The van der Waals surface area contributed by atoms with Crippen molar-refractivity contribution in [3.8, 4) is 5.75 Å². The van der Waals surface area contributed by atoms with Crippen molar-refractivity contribution < 1.29 is 23.8 Å². The van der Waals surface area contributed by atoms with Crippen molar-refractivity contribution in [2.24, 2.45) is 0 Å². The van der Waals surface area contributed by atoms with E-state index in [0.717, 1.165) is 5.56 Å². The molecule has 0 bridgehead atoms. The summed E-state index contributed by atoms with van der Waals surface area (Å²) in [4.78, 5) is 22.9. The highest BCUT2D eigenvalue weighted by Gasteiger charge is 2.25. The molecule has 7 heteroatoms. The van der Waals surface area contributed by atoms with Gasteiger partial charge in [0, 0.05) is 0 Å². The van der Waals surface area contributed by atoms with Crippen molar-refractivity contribution in [2.45, 2.75) is 32.5 Å².